The molecule has 0 aliphatic carbocycles. The molecule has 4 rings (SSSR count). The van der Waals surface area contributed by atoms with E-state index in [1.165, 1.54) is 12.1 Å². The van der Waals surface area contributed by atoms with Crippen LogP contribution in [0.4, 0.5) is 22.7 Å². The lowest BCUT2D eigenvalue weighted by Crippen LogP contribution is -2.09. The van der Waals surface area contributed by atoms with Gasteiger partial charge in [-0.2, -0.15) is 8.42 Å². The van der Waals surface area contributed by atoms with Crippen LogP contribution in [0.1, 0.15) is 5.56 Å². The number of para-hydroxylation sites is 1. The molecular weight excluding hydrogens is 408 g/mol. The Morgan fingerprint density at radius 2 is 1.16 bits per heavy atom. The molecule has 5 nitrogen and oxygen atoms in total. The number of hydrogen-bond acceptors (Lipinski definition) is 5. The molecule has 0 saturated carbocycles. The van der Waals surface area contributed by atoms with Crippen molar-refractivity contribution in [1.82, 2.24) is 0 Å². The highest BCUT2D eigenvalue weighted by molar-refractivity contribution is 7.87. The van der Waals surface area contributed by atoms with Crippen molar-refractivity contribution in [3.05, 3.63) is 109 Å². The van der Waals surface area contributed by atoms with Crippen molar-refractivity contribution in [2.45, 2.75) is 11.8 Å². The molecule has 0 saturated heterocycles. The van der Waals surface area contributed by atoms with Crippen molar-refractivity contribution in [1.29, 1.82) is 0 Å². The topological polar surface area (TPSA) is 67.4 Å². The van der Waals surface area contributed by atoms with E-state index in [2.05, 4.69) is 10.6 Å². The molecule has 0 fully saturated rings. The maximum absolute atomic E-state index is 12.5. The highest BCUT2D eigenvalue weighted by Gasteiger charge is 2.16. The second-order valence-corrected chi connectivity index (χ2v) is 8.62. The Morgan fingerprint density at radius 1 is 0.613 bits per heavy atom. The first-order valence-electron chi connectivity index (χ1n) is 9.78. The van der Waals surface area contributed by atoms with Crippen LogP contribution in [0.15, 0.2) is 108 Å². The summed E-state index contributed by atoms with van der Waals surface area (Å²) < 4.78 is 30.4. The summed E-state index contributed by atoms with van der Waals surface area (Å²) in [4.78, 5) is 0.123. The third kappa shape index (κ3) is 5.43. The minimum atomic E-state index is -3.89. The fraction of sp³-hybridized carbons (Fsp3) is 0.0400. The maximum Gasteiger partial charge on any atom is 0.339 e. The quantitative estimate of drug-likeness (QED) is 0.339. The summed E-state index contributed by atoms with van der Waals surface area (Å²) in [5.41, 5.74) is 4.56. The van der Waals surface area contributed by atoms with E-state index >= 15 is 0 Å². The number of hydrogen-bond donors (Lipinski definition) is 2. The molecule has 31 heavy (non-hydrogen) atoms. The summed E-state index contributed by atoms with van der Waals surface area (Å²) in [5.74, 6) is 0.243. The molecule has 0 aliphatic rings. The first-order chi connectivity index (χ1) is 15.0. The fourth-order valence-electron chi connectivity index (χ4n) is 3.00. The van der Waals surface area contributed by atoms with E-state index < -0.39 is 10.1 Å². The Labute approximate surface area is 182 Å². The molecule has 0 heterocycles. The molecule has 0 aliphatic heterocycles. The molecule has 0 aromatic heterocycles. The van der Waals surface area contributed by atoms with Crippen LogP contribution in [0.5, 0.6) is 5.75 Å². The molecule has 0 atom stereocenters. The summed E-state index contributed by atoms with van der Waals surface area (Å²) in [5, 5.41) is 6.60. The average molecular weight is 431 g/mol. The van der Waals surface area contributed by atoms with Crippen molar-refractivity contribution in [2.75, 3.05) is 10.6 Å². The molecule has 156 valence electrons. The Bertz CT molecular complexity index is 1250. The van der Waals surface area contributed by atoms with Gasteiger partial charge in [0.2, 0.25) is 0 Å². The van der Waals surface area contributed by atoms with Crippen LogP contribution in [0.25, 0.3) is 0 Å². The van der Waals surface area contributed by atoms with Gasteiger partial charge < -0.3 is 14.8 Å². The first-order valence-corrected chi connectivity index (χ1v) is 11.2. The number of benzene rings is 4. The molecule has 4 aromatic carbocycles. The van der Waals surface area contributed by atoms with Crippen molar-refractivity contribution < 1.29 is 12.6 Å². The van der Waals surface area contributed by atoms with Gasteiger partial charge in [-0.05, 0) is 67.6 Å². The van der Waals surface area contributed by atoms with Gasteiger partial charge >= 0.3 is 10.1 Å². The van der Waals surface area contributed by atoms with Gasteiger partial charge in [0.05, 0.1) is 0 Å². The van der Waals surface area contributed by atoms with E-state index in [1.54, 1.807) is 30.3 Å². The van der Waals surface area contributed by atoms with Gasteiger partial charge in [0.25, 0.3) is 0 Å². The van der Waals surface area contributed by atoms with Crippen LogP contribution in [0.3, 0.4) is 0 Å². The molecule has 0 bridgehead atoms. The van der Waals surface area contributed by atoms with Crippen LogP contribution >= 0.6 is 0 Å². The van der Waals surface area contributed by atoms with E-state index in [4.69, 9.17) is 4.18 Å². The Hall–Kier alpha value is -3.77. The van der Waals surface area contributed by atoms with Gasteiger partial charge in [0.15, 0.2) is 0 Å². The minimum absolute atomic E-state index is 0.123. The monoisotopic (exact) mass is 430 g/mol. The predicted octanol–water partition coefficient (Wildman–Crippen LogP) is 6.25. The molecule has 6 heteroatoms. The van der Waals surface area contributed by atoms with Crippen LogP contribution in [0, 0.1) is 6.92 Å². The van der Waals surface area contributed by atoms with Crippen molar-refractivity contribution in [3.63, 3.8) is 0 Å². The second kappa shape index (κ2) is 8.93. The second-order valence-electron chi connectivity index (χ2n) is 7.07. The van der Waals surface area contributed by atoms with Crippen LogP contribution < -0.4 is 14.8 Å². The fourth-order valence-corrected chi connectivity index (χ4v) is 3.92. The molecule has 4 aromatic rings. The van der Waals surface area contributed by atoms with Gasteiger partial charge in [-0.25, -0.2) is 0 Å². The lowest BCUT2D eigenvalue weighted by Gasteiger charge is -2.11. The number of aryl methyl sites for hydroxylation is 1. The Balaban J connectivity index is 1.44. The zero-order valence-corrected chi connectivity index (χ0v) is 17.8. The largest absolute Gasteiger partial charge is 0.379 e. The minimum Gasteiger partial charge on any atom is -0.379 e. The third-order valence-corrected chi connectivity index (χ3v) is 5.85. The lowest BCUT2D eigenvalue weighted by atomic mass is 10.2. The highest BCUT2D eigenvalue weighted by Crippen LogP contribution is 2.26. The molecular formula is C25H22N2O3S. The molecule has 0 radical (unpaired) electrons. The number of rotatable bonds is 7. The normalized spacial score (nSPS) is 11.0. The van der Waals surface area contributed by atoms with Crippen LogP contribution in [-0.4, -0.2) is 8.42 Å². The van der Waals surface area contributed by atoms with Gasteiger partial charge in [-0.1, -0.05) is 42.0 Å². The highest BCUT2D eigenvalue weighted by atomic mass is 32.2. The zero-order valence-electron chi connectivity index (χ0n) is 16.9. The average Bonchev–Trinajstić information content (AvgIpc) is 2.76. The summed E-state index contributed by atoms with van der Waals surface area (Å²) in [6.07, 6.45) is 0. The number of anilines is 4. The third-order valence-electron chi connectivity index (χ3n) is 4.59. The maximum atomic E-state index is 12.5. The molecule has 2 N–H and O–H groups in total. The van der Waals surface area contributed by atoms with Crippen molar-refractivity contribution in [2.24, 2.45) is 0 Å². The Morgan fingerprint density at radius 3 is 1.81 bits per heavy atom. The zero-order chi connectivity index (χ0) is 21.7. The van der Waals surface area contributed by atoms with E-state index in [0.717, 1.165) is 28.3 Å². The summed E-state index contributed by atoms with van der Waals surface area (Å²) in [6, 6.07) is 31.2. The smallest absolute Gasteiger partial charge is 0.339 e. The SMILES string of the molecule is Cc1ccc(S(=O)(=O)Oc2cccc(Nc3ccc(Nc4ccccc4)cc3)c2)cc1. The van der Waals surface area contributed by atoms with E-state index in [0.29, 0.717) is 0 Å². The van der Waals surface area contributed by atoms with E-state index in [9.17, 15) is 8.42 Å². The van der Waals surface area contributed by atoms with Gasteiger partial charge in [0, 0.05) is 28.8 Å². The summed E-state index contributed by atoms with van der Waals surface area (Å²) in [6.45, 7) is 1.90. The van der Waals surface area contributed by atoms with E-state index in [1.807, 2.05) is 67.6 Å². The standard InChI is InChI=1S/C25H22N2O3S/c1-19-10-16-25(17-11-19)31(28,29)30-24-9-5-8-23(18-24)27-22-14-12-21(13-15-22)26-20-6-3-2-4-7-20/h2-18,26-27H,1H3. The molecule has 0 spiro atoms. The summed E-state index contributed by atoms with van der Waals surface area (Å²) >= 11 is 0. The van der Waals surface area contributed by atoms with Crippen molar-refractivity contribution >= 4 is 32.9 Å². The predicted molar refractivity (Wildman–Crippen MR) is 125 cm³/mol. The van der Waals surface area contributed by atoms with Crippen LogP contribution in [-0.2, 0) is 10.1 Å². The lowest BCUT2D eigenvalue weighted by molar-refractivity contribution is 0.486. The molecule has 0 amide bonds. The van der Waals surface area contributed by atoms with Crippen LogP contribution in [0.2, 0.25) is 0 Å². The first kappa shape index (κ1) is 20.5. The van der Waals surface area contributed by atoms with Gasteiger partial charge in [0.1, 0.15) is 10.6 Å². The molecule has 0 unspecified atom stereocenters. The number of nitrogens with one attached hydrogen (secondary N) is 2. The Kier molecular flexibility index (Phi) is 5.91. The van der Waals surface area contributed by atoms with Gasteiger partial charge in [-0.15, -0.1) is 0 Å². The van der Waals surface area contributed by atoms with Gasteiger partial charge in [-0.3, -0.25) is 0 Å². The van der Waals surface area contributed by atoms with E-state index in [-0.39, 0.29) is 10.6 Å². The van der Waals surface area contributed by atoms with Crippen molar-refractivity contribution in [3.8, 4) is 5.75 Å². The summed E-state index contributed by atoms with van der Waals surface area (Å²) in [7, 11) is -3.89.